The molecule has 3 aromatic rings. The molecular formula is C18H23IN4. The van der Waals surface area contributed by atoms with Crippen LogP contribution in [0.3, 0.4) is 0 Å². The Morgan fingerprint density at radius 1 is 0.957 bits per heavy atom. The Morgan fingerprint density at radius 3 is 2.22 bits per heavy atom. The van der Waals surface area contributed by atoms with Crippen molar-refractivity contribution in [3.63, 3.8) is 0 Å². The molecule has 0 fully saturated rings. The van der Waals surface area contributed by atoms with Gasteiger partial charge in [0.1, 0.15) is 17.9 Å². The van der Waals surface area contributed by atoms with Crippen molar-refractivity contribution < 1.29 is 28.5 Å². The van der Waals surface area contributed by atoms with Gasteiger partial charge >= 0.3 is 0 Å². The molecule has 0 aliphatic heterocycles. The fourth-order valence-corrected chi connectivity index (χ4v) is 2.60. The van der Waals surface area contributed by atoms with Crippen molar-refractivity contribution in [3.05, 3.63) is 53.3 Å². The van der Waals surface area contributed by atoms with Crippen molar-refractivity contribution in [1.82, 2.24) is 14.6 Å². The van der Waals surface area contributed by atoms with Crippen LogP contribution in [0.15, 0.2) is 36.4 Å². The van der Waals surface area contributed by atoms with E-state index in [0.717, 1.165) is 39.3 Å². The van der Waals surface area contributed by atoms with Crippen LogP contribution in [-0.4, -0.2) is 40.2 Å². The molecule has 0 aliphatic carbocycles. The first-order chi connectivity index (χ1) is 10.3. The van der Waals surface area contributed by atoms with Gasteiger partial charge in [0.2, 0.25) is 0 Å². The average molecular weight is 422 g/mol. The van der Waals surface area contributed by atoms with Gasteiger partial charge in [-0.05, 0) is 26.0 Å². The molecule has 5 heteroatoms. The summed E-state index contributed by atoms with van der Waals surface area (Å²) in [6.07, 6.45) is 0. The lowest BCUT2D eigenvalue weighted by Crippen LogP contribution is -3.00. The third-order valence-corrected chi connectivity index (χ3v) is 3.65. The third kappa shape index (κ3) is 3.90. The number of aromatic nitrogens is 3. The molecule has 3 rings (SSSR count). The van der Waals surface area contributed by atoms with Gasteiger partial charge in [0.15, 0.2) is 5.65 Å². The molecular weight excluding hydrogens is 399 g/mol. The summed E-state index contributed by atoms with van der Waals surface area (Å²) in [6, 6.07) is 12.6. The van der Waals surface area contributed by atoms with Crippen molar-refractivity contribution in [2.75, 3.05) is 21.1 Å². The van der Waals surface area contributed by atoms with E-state index in [4.69, 9.17) is 4.98 Å². The molecule has 122 valence electrons. The maximum Gasteiger partial charge on any atom is 0.154 e. The molecule has 2 aromatic heterocycles. The van der Waals surface area contributed by atoms with E-state index in [-0.39, 0.29) is 24.0 Å². The van der Waals surface area contributed by atoms with Crippen LogP contribution < -0.4 is 24.0 Å². The van der Waals surface area contributed by atoms with Gasteiger partial charge in [0.05, 0.1) is 26.8 Å². The first-order valence-corrected chi connectivity index (χ1v) is 7.56. The van der Waals surface area contributed by atoms with Gasteiger partial charge in [0, 0.05) is 5.56 Å². The van der Waals surface area contributed by atoms with Crippen LogP contribution in [0.1, 0.15) is 17.0 Å². The number of fused-ring (bicyclic) bond motifs is 1. The Bertz CT molecular complexity index is 813. The van der Waals surface area contributed by atoms with Crippen molar-refractivity contribution in [1.29, 1.82) is 0 Å². The van der Waals surface area contributed by atoms with Crippen LogP contribution in [0.25, 0.3) is 16.9 Å². The van der Waals surface area contributed by atoms with E-state index in [1.54, 1.807) is 0 Å². The summed E-state index contributed by atoms with van der Waals surface area (Å²) in [5.74, 6) is 0. The zero-order chi connectivity index (χ0) is 15.9. The lowest BCUT2D eigenvalue weighted by atomic mass is 10.1. The van der Waals surface area contributed by atoms with Crippen molar-refractivity contribution in [2.24, 2.45) is 0 Å². The van der Waals surface area contributed by atoms with Gasteiger partial charge in [-0.15, -0.1) is 0 Å². The van der Waals surface area contributed by atoms with Gasteiger partial charge < -0.3 is 28.5 Å². The van der Waals surface area contributed by atoms with Crippen LogP contribution >= 0.6 is 0 Å². The zero-order valence-corrected chi connectivity index (χ0v) is 16.5. The molecule has 0 aliphatic rings. The minimum absolute atomic E-state index is 0. The quantitative estimate of drug-likeness (QED) is 0.447. The van der Waals surface area contributed by atoms with E-state index in [1.807, 2.05) is 23.6 Å². The van der Waals surface area contributed by atoms with E-state index < -0.39 is 0 Å². The summed E-state index contributed by atoms with van der Waals surface area (Å²) in [7, 11) is 6.57. The summed E-state index contributed by atoms with van der Waals surface area (Å²) in [4.78, 5) is 4.83. The minimum Gasteiger partial charge on any atom is -1.00 e. The van der Waals surface area contributed by atoms with Crippen molar-refractivity contribution >= 4 is 5.65 Å². The van der Waals surface area contributed by atoms with E-state index in [2.05, 4.69) is 57.4 Å². The Labute approximate surface area is 154 Å². The Hall–Kier alpha value is -1.47. The summed E-state index contributed by atoms with van der Waals surface area (Å²) < 4.78 is 2.83. The van der Waals surface area contributed by atoms with Gasteiger partial charge in [-0.25, -0.2) is 9.50 Å². The predicted octanol–water partition coefficient (Wildman–Crippen LogP) is 0.223. The normalized spacial score (nSPS) is 11.5. The second kappa shape index (κ2) is 6.57. The van der Waals surface area contributed by atoms with Crippen LogP contribution in [0.4, 0.5) is 0 Å². The van der Waals surface area contributed by atoms with Crippen LogP contribution in [0, 0.1) is 13.8 Å². The molecule has 0 amide bonds. The maximum atomic E-state index is 4.83. The lowest BCUT2D eigenvalue weighted by molar-refractivity contribution is -0.884. The molecule has 2 heterocycles. The number of aryl methyl sites for hydroxylation is 2. The fourth-order valence-electron chi connectivity index (χ4n) is 2.60. The maximum absolute atomic E-state index is 4.83. The highest BCUT2D eigenvalue weighted by molar-refractivity contribution is 5.66. The number of hydrogen-bond acceptors (Lipinski definition) is 2. The molecule has 0 bridgehead atoms. The van der Waals surface area contributed by atoms with Crippen LogP contribution in [-0.2, 0) is 6.54 Å². The first-order valence-electron chi connectivity index (χ1n) is 7.56. The molecule has 4 nitrogen and oxygen atoms in total. The smallest absolute Gasteiger partial charge is 0.154 e. The monoisotopic (exact) mass is 422 g/mol. The molecule has 0 saturated carbocycles. The van der Waals surface area contributed by atoms with Crippen molar-refractivity contribution in [3.8, 4) is 11.3 Å². The second-order valence-electron chi connectivity index (χ2n) is 6.97. The molecule has 0 radical (unpaired) electrons. The number of imidazole rings is 1. The van der Waals surface area contributed by atoms with E-state index in [9.17, 15) is 0 Å². The highest BCUT2D eigenvalue weighted by Crippen LogP contribution is 2.26. The number of rotatable bonds is 3. The molecule has 0 N–H and O–H groups in total. The number of nitrogens with zero attached hydrogens (tertiary/aromatic N) is 4. The number of benzene rings is 1. The molecule has 1 aromatic carbocycles. The van der Waals surface area contributed by atoms with Gasteiger partial charge in [-0.2, -0.15) is 5.10 Å². The summed E-state index contributed by atoms with van der Waals surface area (Å²) in [5, 5.41) is 4.67. The molecule has 23 heavy (non-hydrogen) atoms. The minimum atomic E-state index is 0. The SMILES string of the molecule is Cc1ccc(-c2nc3ccc(C)nn3c2C[N+](C)(C)C)cc1.[I-]. The first kappa shape index (κ1) is 17.9. The van der Waals surface area contributed by atoms with Crippen molar-refractivity contribution in [2.45, 2.75) is 20.4 Å². The number of hydrogen-bond donors (Lipinski definition) is 0. The molecule has 0 saturated heterocycles. The van der Waals surface area contributed by atoms with E-state index >= 15 is 0 Å². The third-order valence-electron chi connectivity index (χ3n) is 3.65. The standard InChI is InChI=1S/C18H23N4.HI/c1-13-6-9-15(10-7-13)18-16(12-22(3,4)5)21-17(19-18)11-8-14(2)20-21;/h6-11H,12H2,1-5H3;1H/q+1;/p-1. The summed E-state index contributed by atoms with van der Waals surface area (Å²) in [5.41, 5.74) is 6.51. The van der Waals surface area contributed by atoms with Crippen LogP contribution in [0.5, 0.6) is 0 Å². The summed E-state index contributed by atoms with van der Waals surface area (Å²) in [6.45, 7) is 4.99. The summed E-state index contributed by atoms with van der Waals surface area (Å²) >= 11 is 0. The topological polar surface area (TPSA) is 30.2 Å². The average Bonchev–Trinajstić information content (AvgIpc) is 2.76. The second-order valence-corrected chi connectivity index (χ2v) is 6.97. The lowest BCUT2D eigenvalue weighted by Gasteiger charge is -2.23. The fraction of sp³-hybridized carbons (Fsp3) is 0.333. The van der Waals surface area contributed by atoms with Gasteiger partial charge in [0.25, 0.3) is 0 Å². The Balaban J connectivity index is 0.00000192. The van der Waals surface area contributed by atoms with Gasteiger partial charge in [-0.1, -0.05) is 29.8 Å². The Kier molecular flexibility index (Phi) is 5.10. The Morgan fingerprint density at radius 2 is 1.61 bits per heavy atom. The molecule has 0 unspecified atom stereocenters. The zero-order valence-electron chi connectivity index (χ0n) is 14.3. The number of halogens is 1. The van der Waals surface area contributed by atoms with Crippen LogP contribution in [0.2, 0.25) is 0 Å². The van der Waals surface area contributed by atoms with E-state index in [0.29, 0.717) is 0 Å². The predicted molar refractivity (Wildman–Crippen MR) is 89.6 cm³/mol. The number of quaternary nitrogens is 1. The highest BCUT2D eigenvalue weighted by atomic mass is 127. The van der Waals surface area contributed by atoms with E-state index in [1.165, 1.54) is 5.56 Å². The van der Waals surface area contributed by atoms with Gasteiger partial charge in [-0.3, -0.25) is 0 Å². The molecule has 0 atom stereocenters. The highest BCUT2D eigenvalue weighted by Gasteiger charge is 2.21. The molecule has 0 spiro atoms. The largest absolute Gasteiger partial charge is 1.00 e.